The fourth-order valence-electron chi connectivity index (χ4n) is 2.83. The molecule has 0 atom stereocenters. The first kappa shape index (κ1) is 10.6. The van der Waals surface area contributed by atoms with Gasteiger partial charge in [-0.25, -0.2) is 0 Å². The zero-order chi connectivity index (χ0) is 12.0. The van der Waals surface area contributed by atoms with Crippen molar-refractivity contribution in [2.75, 3.05) is 0 Å². The second-order valence-electron chi connectivity index (χ2n) is 4.45. The van der Waals surface area contributed by atoms with E-state index in [0.29, 0.717) is 0 Å². The molecule has 0 fully saturated rings. The maximum Gasteiger partial charge on any atom is 0.0703 e. The Balaban J connectivity index is 2.30. The molecule has 0 spiro atoms. The predicted octanol–water partition coefficient (Wildman–Crippen LogP) is 1.67. The van der Waals surface area contributed by atoms with Gasteiger partial charge in [-0.15, -0.1) is 0 Å². The van der Waals surface area contributed by atoms with Crippen LogP contribution in [0.4, 0.5) is 0 Å². The van der Waals surface area contributed by atoms with Gasteiger partial charge in [0.1, 0.15) is 0 Å². The Morgan fingerprint density at radius 1 is 1.12 bits per heavy atom. The number of aliphatic hydroxyl groups is 2. The Morgan fingerprint density at radius 2 is 1.82 bits per heavy atom. The number of rotatable bonds is 2. The average molecular weight is 229 g/mol. The van der Waals surface area contributed by atoms with Crippen molar-refractivity contribution in [3.63, 3.8) is 0 Å². The van der Waals surface area contributed by atoms with Gasteiger partial charge in [0.05, 0.1) is 13.2 Å². The Morgan fingerprint density at radius 3 is 2.53 bits per heavy atom. The molecule has 0 radical (unpaired) electrons. The summed E-state index contributed by atoms with van der Waals surface area (Å²) in [5, 5.41) is 18.9. The highest BCUT2D eigenvalue weighted by atomic mass is 16.3. The first-order valence-electron chi connectivity index (χ1n) is 5.79. The Kier molecular flexibility index (Phi) is 2.31. The van der Waals surface area contributed by atoms with Gasteiger partial charge in [-0.2, -0.15) is 0 Å². The highest BCUT2D eigenvalue weighted by Crippen LogP contribution is 2.35. The van der Waals surface area contributed by atoms with Gasteiger partial charge in [-0.1, -0.05) is 18.2 Å². The molecule has 0 unspecified atom stereocenters. The van der Waals surface area contributed by atoms with E-state index in [9.17, 15) is 10.2 Å². The lowest BCUT2D eigenvalue weighted by Gasteiger charge is -2.06. The van der Waals surface area contributed by atoms with Crippen LogP contribution in [0.5, 0.6) is 0 Å². The number of aromatic nitrogens is 1. The molecule has 0 bridgehead atoms. The summed E-state index contributed by atoms with van der Waals surface area (Å²) in [4.78, 5) is 0. The van der Waals surface area contributed by atoms with Crippen LogP contribution in [0.25, 0.3) is 5.69 Å². The van der Waals surface area contributed by atoms with E-state index in [1.54, 1.807) is 0 Å². The van der Waals surface area contributed by atoms with Crippen LogP contribution in [-0.4, -0.2) is 14.8 Å². The molecule has 1 aliphatic heterocycles. The first-order chi connectivity index (χ1) is 8.27. The number of hydrogen-bond acceptors (Lipinski definition) is 2. The van der Waals surface area contributed by atoms with E-state index in [0.717, 1.165) is 28.9 Å². The van der Waals surface area contributed by atoms with E-state index in [2.05, 4.69) is 16.7 Å². The molecule has 3 rings (SSSR count). The summed E-state index contributed by atoms with van der Waals surface area (Å²) in [7, 11) is 0. The van der Waals surface area contributed by atoms with E-state index >= 15 is 0 Å². The molecule has 1 aromatic carbocycles. The maximum atomic E-state index is 9.48. The summed E-state index contributed by atoms with van der Waals surface area (Å²) < 4.78 is 2.16. The van der Waals surface area contributed by atoms with Crippen LogP contribution in [0.2, 0.25) is 0 Å². The lowest BCUT2D eigenvalue weighted by molar-refractivity contribution is 0.260. The van der Waals surface area contributed by atoms with Crippen LogP contribution in [0, 0.1) is 6.92 Å². The molecular weight excluding hydrogens is 214 g/mol. The monoisotopic (exact) mass is 229 g/mol. The molecule has 3 nitrogen and oxygen atoms in total. The minimum atomic E-state index is -0.0100. The average Bonchev–Trinajstić information content (AvgIpc) is 2.84. The summed E-state index contributed by atoms with van der Waals surface area (Å²) in [5.74, 6) is 0. The van der Waals surface area contributed by atoms with Crippen molar-refractivity contribution in [3.05, 3.63) is 52.3 Å². The first-order valence-corrected chi connectivity index (χ1v) is 5.79. The van der Waals surface area contributed by atoms with Gasteiger partial charge in [-0.05, 0) is 18.6 Å². The Hall–Kier alpha value is -1.58. The largest absolute Gasteiger partial charge is 0.392 e. The molecule has 2 N–H and O–H groups in total. The van der Waals surface area contributed by atoms with Gasteiger partial charge in [-0.3, -0.25) is 0 Å². The number of hydrogen-bond donors (Lipinski definition) is 2. The van der Waals surface area contributed by atoms with Crippen molar-refractivity contribution in [2.45, 2.75) is 26.6 Å². The van der Waals surface area contributed by atoms with Crippen molar-refractivity contribution in [1.29, 1.82) is 0 Å². The normalized spacial score (nSPS) is 12.6. The van der Waals surface area contributed by atoms with Gasteiger partial charge in [0.2, 0.25) is 0 Å². The number of aliphatic hydroxyl groups excluding tert-OH is 2. The highest BCUT2D eigenvalue weighted by Gasteiger charge is 2.26. The third kappa shape index (κ3) is 1.30. The third-order valence-electron chi connectivity index (χ3n) is 3.66. The minimum Gasteiger partial charge on any atom is -0.392 e. The molecule has 2 aromatic rings. The molecule has 3 heteroatoms. The molecule has 0 saturated carbocycles. The molecule has 17 heavy (non-hydrogen) atoms. The van der Waals surface area contributed by atoms with E-state index < -0.39 is 0 Å². The molecule has 0 saturated heterocycles. The summed E-state index contributed by atoms with van der Waals surface area (Å²) in [6, 6.07) is 8.25. The zero-order valence-electron chi connectivity index (χ0n) is 9.77. The standard InChI is InChI=1S/C14H15NO2/c1-9-11(7-16)12(8-17)14-6-10-4-2-3-5-13(10)15(9)14/h2-5,16-17H,6-8H2,1H3. The highest BCUT2D eigenvalue weighted by molar-refractivity contribution is 5.56. The van der Waals surface area contributed by atoms with Gasteiger partial charge < -0.3 is 14.8 Å². The number of fused-ring (bicyclic) bond motifs is 3. The summed E-state index contributed by atoms with van der Waals surface area (Å²) in [6.07, 6.45) is 0.840. The maximum absolute atomic E-state index is 9.48. The van der Waals surface area contributed by atoms with Crippen LogP contribution >= 0.6 is 0 Å². The van der Waals surface area contributed by atoms with Gasteiger partial charge in [0.25, 0.3) is 0 Å². The van der Waals surface area contributed by atoms with Crippen LogP contribution in [0.15, 0.2) is 24.3 Å². The van der Waals surface area contributed by atoms with E-state index in [1.165, 1.54) is 11.3 Å². The van der Waals surface area contributed by atoms with Gasteiger partial charge >= 0.3 is 0 Å². The molecule has 88 valence electrons. The van der Waals surface area contributed by atoms with Crippen molar-refractivity contribution in [3.8, 4) is 5.69 Å². The zero-order valence-corrected chi connectivity index (χ0v) is 9.77. The quantitative estimate of drug-likeness (QED) is 0.702. The van der Waals surface area contributed by atoms with Crippen LogP contribution in [-0.2, 0) is 19.6 Å². The van der Waals surface area contributed by atoms with Gasteiger partial charge in [0.15, 0.2) is 0 Å². The number of para-hydroxylation sites is 1. The van der Waals surface area contributed by atoms with E-state index in [1.807, 2.05) is 19.1 Å². The molecule has 0 amide bonds. The fourth-order valence-corrected chi connectivity index (χ4v) is 2.83. The lowest BCUT2D eigenvalue weighted by atomic mass is 10.0. The van der Waals surface area contributed by atoms with Crippen molar-refractivity contribution < 1.29 is 10.2 Å². The van der Waals surface area contributed by atoms with E-state index in [4.69, 9.17) is 0 Å². The summed E-state index contributed by atoms with van der Waals surface area (Å²) in [5.41, 5.74) is 6.38. The van der Waals surface area contributed by atoms with Crippen molar-refractivity contribution in [1.82, 2.24) is 4.57 Å². The lowest BCUT2D eigenvalue weighted by Crippen LogP contribution is -1.96. The molecular formula is C14H15NO2. The van der Waals surface area contributed by atoms with E-state index in [-0.39, 0.29) is 13.2 Å². The molecule has 1 aromatic heterocycles. The van der Waals surface area contributed by atoms with Crippen LogP contribution in [0.3, 0.4) is 0 Å². The Bertz CT molecular complexity index is 584. The second-order valence-corrected chi connectivity index (χ2v) is 4.45. The smallest absolute Gasteiger partial charge is 0.0703 e. The molecule has 0 aliphatic carbocycles. The van der Waals surface area contributed by atoms with Crippen molar-refractivity contribution in [2.24, 2.45) is 0 Å². The second kappa shape index (κ2) is 3.72. The fraction of sp³-hybridized carbons (Fsp3) is 0.286. The Labute approximate surface area is 100.0 Å². The van der Waals surface area contributed by atoms with Gasteiger partial charge in [0, 0.05) is 34.6 Å². The topological polar surface area (TPSA) is 45.4 Å². The number of nitrogens with zero attached hydrogens (tertiary/aromatic N) is 1. The van der Waals surface area contributed by atoms with Crippen LogP contribution < -0.4 is 0 Å². The molecule has 1 aliphatic rings. The SMILES string of the molecule is Cc1c(CO)c(CO)c2n1-c1ccccc1C2. The number of benzene rings is 1. The molecule has 2 heterocycles. The van der Waals surface area contributed by atoms with Crippen LogP contribution in [0.1, 0.15) is 28.1 Å². The minimum absolute atomic E-state index is 0.00689. The third-order valence-corrected chi connectivity index (χ3v) is 3.66. The predicted molar refractivity (Wildman–Crippen MR) is 65.2 cm³/mol. The summed E-state index contributed by atoms with van der Waals surface area (Å²) >= 11 is 0. The van der Waals surface area contributed by atoms with Crippen molar-refractivity contribution >= 4 is 0 Å². The summed E-state index contributed by atoms with van der Waals surface area (Å²) in [6.45, 7) is 1.98.